The van der Waals surface area contributed by atoms with Gasteiger partial charge in [-0.15, -0.1) is 0 Å². The Balaban J connectivity index is 2.73. The molecule has 0 aliphatic rings. The fraction of sp³-hybridized carbons (Fsp3) is 0.632. The van der Waals surface area contributed by atoms with Crippen LogP contribution in [0.15, 0.2) is 24.3 Å². The van der Waals surface area contributed by atoms with Gasteiger partial charge >= 0.3 is 0 Å². The number of anilines is 2. The molecule has 1 N–H and O–H groups in total. The predicted octanol–water partition coefficient (Wildman–Crippen LogP) is 5.22. The molecule has 1 aromatic carbocycles. The zero-order valence-electron chi connectivity index (χ0n) is 14.5. The highest BCUT2D eigenvalue weighted by atomic mass is 16.1. The molecule has 22 heavy (non-hydrogen) atoms. The molecule has 0 radical (unpaired) electrons. The molecule has 3 heteroatoms. The van der Waals surface area contributed by atoms with Crippen molar-refractivity contribution >= 4 is 17.3 Å². The van der Waals surface area contributed by atoms with Crippen LogP contribution in [0.25, 0.3) is 0 Å². The molecule has 0 aliphatic carbocycles. The summed E-state index contributed by atoms with van der Waals surface area (Å²) in [6.45, 7) is 8.55. The predicted molar refractivity (Wildman–Crippen MR) is 96.6 cm³/mol. The Morgan fingerprint density at radius 3 is 2.18 bits per heavy atom. The Morgan fingerprint density at radius 2 is 1.64 bits per heavy atom. The number of rotatable bonds is 11. The van der Waals surface area contributed by atoms with Gasteiger partial charge in [-0.05, 0) is 31.0 Å². The van der Waals surface area contributed by atoms with E-state index in [4.69, 9.17) is 0 Å². The fourth-order valence-electron chi connectivity index (χ4n) is 2.51. The second kappa shape index (κ2) is 11.1. The maximum atomic E-state index is 11.6. The van der Waals surface area contributed by atoms with E-state index in [0.717, 1.165) is 18.8 Å². The smallest absolute Gasteiger partial charge is 0.224 e. The first-order valence-corrected chi connectivity index (χ1v) is 8.86. The molecule has 0 atom stereocenters. The van der Waals surface area contributed by atoms with E-state index in [0.29, 0.717) is 6.42 Å². The highest BCUT2D eigenvalue weighted by Crippen LogP contribution is 2.21. The molecule has 0 aromatic heterocycles. The van der Waals surface area contributed by atoms with Gasteiger partial charge in [0.1, 0.15) is 0 Å². The molecular formula is C19H32N2O. The van der Waals surface area contributed by atoms with Crippen LogP contribution in [-0.4, -0.2) is 19.0 Å². The first-order chi connectivity index (χ1) is 10.7. The second-order valence-corrected chi connectivity index (χ2v) is 5.85. The average Bonchev–Trinajstić information content (AvgIpc) is 2.54. The van der Waals surface area contributed by atoms with Crippen LogP contribution in [0.4, 0.5) is 11.4 Å². The number of nitrogens with zero attached hydrogens (tertiary/aromatic N) is 1. The van der Waals surface area contributed by atoms with E-state index < -0.39 is 0 Å². The minimum Gasteiger partial charge on any atom is -0.371 e. The number of nitrogens with one attached hydrogen (secondary N) is 1. The summed E-state index contributed by atoms with van der Waals surface area (Å²) >= 11 is 0. The maximum Gasteiger partial charge on any atom is 0.224 e. The lowest BCUT2D eigenvalue weighted by Gasteiger charge is -2.25. The Bertz CT molecular complexity index is 421. The van der Waals surface area contributed by atoms with E-state index >= 15 is 0 Å². The van der Waals surface area contributed by atoms with Gasteiger partial charge in [0.25, 0.3) is 0 Å². The first-order valence-electron chi connectivity index (χ1n) is 8.86. The van der Waals surface area contributed by atoms with Gasteiger partial charge in [0.05, 0.1) is 0 Å². The molecule has 0 saturated heterocycles. The van der Waals surface area contributed by atoms with Crippen LogP contribution in [0.1, 0.15) is 65.7 Å². The molecule has 1 aromatic rings. The van der Waals surface area contributed by atoms with Crippen LogP contribution in [0.5, 0.6) is 0 Å². The first kappa shape index (κ1) is 18.5. The third-order valence-electron chi connectivity index (χ3n) is 3.88. The van der Waals surface area contributed by atoms with Gasteiger partial charge < -0.3 is 10.2 Å². The Morgan fingerprint density at radius 1 is 1.00 bits per heavy atom. The van der Waals surface area contributed by atoms with Crippen molar-refractivity contribution in [1.29, 1.82) is 0 Å². The van der Waals surface area contributed by atoms with Crippen LogP contribution in [0.2, 0.25) is 0 Å². The summed E-state index contributed by atoms with van der Waals surface area (Å²) < 4.78 is 0. The van der Waals surface area contributed by atoms with Gasteiger partial charge in [-0.25, -0.2) is 0 Å². The molecule has 1 amide bonds. The quantitative estimate of drug-likeness (QED) is 0.568. The maximum absolute atomic E-state index is 11.6. The van der Waals surface area contributed by atoms with Crippen LogP contribution >= 0.6 is 0 Å². The highest BCUT2D eigenvalue weighted by molar-refractivity contribution is 5.90. The Kier molecular flexibility index (Phi) is 9.36. The van der Waals surface area contributed by atoms with E-state index in [2.05, 4.69) is 36.2 Å². The summed E-state index contributed by atoms with van der Waals surface area (Å²) in [5.74, 6) is 0.0701. The lowest BCUT2D eigenvalue weighted by Crippen LogP contribution is -2.25. The van der Waals surface area contributed by atoms with Crippen LogP contribution < -0.4 is 10.2 Å². The third-order valence-corrected chi connectivity index (χ3v) is 3.88. The topological polar surface area (TPSA) is 32.3 Å². The van der Waals surface area contributed by atoms with Crippen molar-refractivity contribution in [1.82, 2.24) is 0 Å². The summed E-state index contributed by atoms with van der Waals surface area (Å²) in [5.41, 5.74) is 2.13. The number of benzene rings is 1. The number of carbonyl (C=O) groups is 1. The summed E-state index contributed by atoms with van der Waals surface area (Å²) in [4.78, 5) is 14.0. The summed E-state index contributed by atoms with van der Waals surface area (Å²) in [6, 6.07) is 8.26. The molecule has 0 saturated carbocycles. The third kappa shape index (κ3) is 6.97. The van der Waals surface area contributed by atoms with E-state index in [9.17, 15) is 4.79 Å². The van der Waals surface area contributed by atoms with E-state index in [-0.39, 0.29) is 5.91 Å². The monoisotopic (exact) mass is 304 g/mol. The normalized spacial score (nSPS) is 10.5. The molecule has 1 rings (SSSR count). The van der Waals surface area contributed by atoms with Crippen LogP contribution in [0.3, 0.4) is 0 Å². The fourth-order valence-corrected chi connectivity index (χ4v) is 2.51. The van der Waals surface area contributed by atoms with Crippen molar-refractivity contribution < 1.29 is 4.79 Å². The summed E-state index contributed by atoms with van der Waals surface area (Å²) in [7, 11) is 0. The number of amides is 1. The highest BCUT2D eigenvalue weighted by Gasteiger charge is 2.07. The molecule has 0 bridgehead atoms. The van der Waals surface area contributed by atoms with Crippen molar-refractivity contribution in [3.63, 3.8) is 0 Å². The van der Waals surface area contributed by atoms with Crippen molar-refractivity contribution in [3.8, 4) is 0 Å². The zero-order valence-corrected chi connectivity index (χ0v) is 14.5. The van der Waals surface area contributed by atoms with Crippen molar-refractivity contribution in [2.45, 2.75) is 65.7 Å². The number of unbranched alkanes of at least 4 members (excludes halogenated alkanes) is 4. The molecule has 0 unspecified atom stereocenters. The Labute approximate surface area is 136 Å². The van der Waals surface area contributed by atoms with Crippen molar-refractivity contribution in [2.24, 2.45) is 0 Å². The van der Waals surface area contributed by atoms with Crippen molar-refractivity contribution in [2.75, 3.05) is 23.3 Å². The SMILES string of the molecule is CCCCCN(CCCCC)c1cccc(NC(=O)CC)c1. The molecule has 0 spiro atoms. The van der Waals surface area contributed by atoms with Crippen molar-refractivity contribution in [3.05, 3.63) is 24.3 Å². The molecule has 0 aliphatic heterocycles. The molecule has 3 nitrogen and oxygen atoms in total. The van der Waals surface area contributed by atoms with Gasteiger partial charge in [-0.2, -0.15) is 0 Å². The molecule has 0 fully saturated rings. The summed E-state index contributed by atoms with van der Waals surface area (Å²) in [5, 5.41) is 2.96. The van der Waals surface area contributed by atoms with Crippen LogP contribution in [-0.2, 0) is 4.79 Å². The molecule has 0 heterocycles. The van der Waals surface area contributed by atoms with Gasteiger partial charge in [0.2, 0.25) is 5.91 Å². The largest absolute Gasteiger partial charge is 0.371 e. The van der Waals surface area contributed by atoms with Gasteiger partial charge in [-0.3, -0.25) is 4.79 Å². The minimum absolute atomic E-state index is 0.0701. The molecule has 124 valence electrons. The minimum atomic E-state index is 0.0701. The van der Waals surface area contributed by atoms with Gasteiger partial charge in [0, 0.05) is 30.9 Å². The lowest BCUT2D eigenvalue weighted by molar-refractivity contribution is -0.115. The van der Waals surface area contributed by atoms with E-state index in [1.165, 1.54) is 44.2 Å². The van der Waals surface area contributed by atoms with Gasteiger partial charge in [0.15, 0.2) is 0 Å². The number of hydrogen-bond donors (Lipinski definition) is 1. The molecular weight excluding hydrogens is 272 g/mol. The number of carbonyl (C=O) groups excluding carboxylic acids is 1. The Hall–Kier alpha value is -1.51. The van der Waals surface area contributed by atoms with E-state index in [1.807, 2.05) is 19.1 Å². The lowest BCUT2D eigenvalue weighted by atomic mass is 10.2. The zero-order chi connectivity index (χ0) is 16.2. The van der Waals surface area contributed by atoms with Gasteiger partial charge in [-0.1, -0.05) is 52.5 Å². The standard InChI is InChI=1S/C19H32N2O/c1-4-7-9-14-21(15-10-8-5-2)18-13-11-12-17(16-18)20-19(22)6-3/h11-13,16H,4-10,14-15H2,1-3H3,(H,20,22). The van der Waals surface area contributed by atoms with Crippen LogP contribution in [0, 0.1) is 0 Å². The second-order valence-electron chi connectivity index (χ2n) is 5.85. The average molecular weight is 304 g/mol. The van der Waals surface area contributed by atoms with E-state index in [1.54, 1.807) is 0 Å². The summed E-state index contributed by atoms with van der Waals surface area (Å²) in [6.07, 6.45) is 8.02. The number of hydrogen-bond acceptors (Lipinski definition) is 2.